The Morgan fingerprint density at radius 2 is 1.85 bits per heavy atom. The number of carboxylic acids is 1. The van der Waals surface area contributed by atoms with E-state index in [0.29, 0.717) is 18.4 Å². The summed E-state index contributed by atoms with van der Waals surface area (Å²) in [5.41, 5.74) is -0.102. The average molecular weight is 298 g/mol. The SMILES string of the molecule is Cc1ccc(S(=O)(=O)OC2(C(=O)O)CCCC2)c(C)c1. The van der Waals surface area contributed by atoms with Crippen LogP contribution in [-0.2, 0) is 19.1 Å². The Bertz CT molecular complexity index is 627. The Morgan fingerprint density at radius 3 is 2.35 bits per heavy atom. The summed E-state index contributed by atoms with van der Waals surface area (Å²) in [4.78, 5) is 11.4. The minimum Gasteiger partial charge on any atom is -0.479 e. The normalized spacial score (nSPS) is 18.1. The Kier molecular flexibility index (Phi) is 3.88. The number of aryl methyl sites for hydroxylation is 2. The predicted octanol–water partition coefficient (Wildman–Crippen LogP) is 2.41. The quantitative estimate of drug-likeness (QED) is 0.863. The van der Waals surface area contributed by atoms with E-state index >= 15 is 0 Å². The van der Waals surface area contributed by atoms with Crippen molar-refractivity contribution in [3.63, 3.8) is 0 Å². The molecule has 1 aromatic rings. The highest BCUT2D eigenvalue weighted by Crippen LogP contribution is 2.36. The summed E-state index contributed by atoms with van der Waals surface area (Å²) in [5.74, 6) is -1.21. The smallest absolute Gasteiger partial charge is 0.337 e. The molecule has 0 aliphatic heterocycles. The van der Waals surface area contributed by atoms with Crippen molar-refractivity contribution in [2.45, 2.75) is 50.0 Å². The molecule has 0 aromatic heterocycles. The molecule has 0 saturated heterocycles. The Morgan fingerprint density at radius 1 is 1.25 bits per heavy atom. The topological polar surface area (TPSA) is 80.7 Å². The molecule has 0 bridgehead atoms. The van der Waals surface area contributed by atoms with Gasteiger partial charge in [-0.05, 0) is 51.2 Å². The summed E-state index contributed by atoms with van der Waals surface area (Å²) in [6.07, 6.45) is 1.78. The van der Waals surface area contributed by atoms with Gasteiger partial charge in [0.05, 0.1) is 4.90 Å². The minimum atomic E-state index is -4.08. The van der Waals surface area contributed by atoms with Crippen LogP contribution in [0.2, 0.25) is 0 Å². The van der Waals surface area contributed by atoms with Crippen LogP contribution in [0.1, 0.15) is 36.8 Å². The van der Waals surface area contributed by atoms with Crippen molar-refractivity contribution in [3.05, 3.63) is 29.3 Å². The number of hydrogen-bond acceptors (Lipinski definition) is 4. The molecule has 1 saturated carbocycles. The van der Waals surface area contributed by atoms with Crippen LogP contribution >= 0.6 is 0 Å². The van der Waals surface area contributed by atoms with E-state index in [1.54, 1.807) is 19.1 Å². The van der Waals surface area contributed by atoms with E-state index in [1.807, 2.05) is 6.92 Å². The molecule has 0 atom stereocenters. The van der Waals surface area contributed by atoms with Crippen LogP contribution in [0.25, 0.3) is 0 Å². The van der Waals surface area contributed by atoms with E-state index in [2.05, 4.69) is 0 Å². The van der Waals surface area contributed by atoms with E-state index < -0.39 is 21.7 Å². The molecule has 1 aromatic carbocycles. The van der Waals surface area contributed by atoms with Crippen molar-refractivity contribution in [2.24, 2.45) is 0 Å². The number of aliphatic carboxylic acids is 1. The molecule has 0 radical (unpaired) electrons. The van der Waals surface area contributed by atoms with Crippen LogP contribution < -0.4 is 0 Å². The second kappa shape index (κ2) is 5.18. The van der Waals surface area contributed by atoms with E-state index in [1.165, 1.54) is 6.07 Å². The van der Waals surface area contributed by atoms with E-state index in [0.717, 1.165) is 5.56 Å². The van der Waals surface area contributed by atoms with Crippen LogP contribution in [0.15, 0.2) is 23.1 Å². The van der Waals surface area contributed by atoms with Gasteiger partial charge in [-0.2, -0.15) is 8.42 Å². The molecule has 5 nitrogen and oxygen atoms in total. The fourth-order valence-electron chi connectivity index (χ4n) is 2.61. The van der Waals surface area contributed by atoms with Crippen LogP contribution in [0.5, 0.6) is 0 Å². The van der Waals surface area contributed by atoms with Gasteiger partial charge in [0.25, 0.3) is 10.1 Å². The molecule has 20 heavy (non-hydrogen) atoms. The highest BCUT2D eigenvalue weighted by molar-refractivity contribution is 7.86. The van der Waals surface area contributed by atoms with Crippen molar-refractivity contribution >= 4 is 16.1 Å². The van der Waals surface area contributed by atoms with Crippen molar-refractivity contribution < 1.29 is 22.5 Å². The van der Waals surface area contributed by atoms with Crippen molar-refractivity contribution in [1.82, 2.24) is 0 Å². The zero-order valence-electron chi connectivity index (χ0n) is 11.5. The lowest BCUT2D eigenvalue weighted by Gasteiger charge is -2.23. The average Bonchev–Trinajstić information content (AvgIpc) is 2.77. The van der Waals surface area contributed by atoms with Crippen LogP contribution in [0, 0.1) is 13.8 Å². The van der Waals surface area contributed by atoms with Gasteiger partial charge in [-0.15, -0.1) is 0 Å². The lowest BCUT2D eigenvalue weighted by Crippen LogP contribution is -2.40. The molecular weight excluding hydrogens is 280 g/mol. The molecule has 1 aliphatic rings. The van der Waals surface area contributed by atoms with Gasteiger partial charge in [0.1, 0.15) is 0 Å². The van der Waals surface area contributed by atoms with Crippen molar-refractivity contribution in [2.75, 3.05) is 0 Å². The van der Waals surface area contributed by atoms with Crippen LogP contribution in [-0.4, -0.2) is 25.1 Å². The molecule has 1 N–H and O–H groups in total. The molecular formula is C14H18O5S. The molecule has 1 aliphatic carbocycles. The number of carboxylic acid groups (broad SMARTS) is 1. The highest BCUT2D eigenvalue weighted by Gasteiger charge is 2.47. The zero-order chi connectivity index (χ0) is 15.0. The van der Waals surface area contributed by atoms with Crippen molar-refractivity contribution in [1.29, 1.82) is 0 Å². The number of carbonyl (C=O) groups is 1. The monoisotopic (exact) mass is 298 g/mol. The zero-order valence-corrected chi connectivity index (χ0v) is 12.4. The first-order valence-corrected chi connectivity index (χ1v) is 7.94. The molecule has 0 amide bonds. The first kappa shape index (κ1) is 15.0. The maximum absolute atomic E-state index is 12.3. The number of benzene rings is 1. The largest absolute Gasteiger partial charge is 0.479 e. The summed E-state index contributed by atoms with van der Waals surface area (Å²) < 4.78 is 29.8. The van der Waals surface area contributed by atoms with Crippen LogP contribution in [0.3, 0.4) is 0 Å². The Balaban J connectivity index is 2.38. The molecule has 0 unspecified atom stereocenters. The molecule has 2 rings (SSSR count). The standard InChI is InChI=1S/C14H18O5S/c1-10-5-6-12(11(2)9-10)20(17,18)19-14(13(15)16)7-3-4-8-14/h5-6,9H,3-4,7-8H2,1-2H3,(H,15,16). The van der Waals surface area contributed by atoms with E-state index in [4.69, 9.17) is 4.18 Å². The summed E-state index contributed by atoms with van der Waals surface area (Å²) in [6, 6.07) is 4.87. The maximum Gasteiger partial charge on any atom is 0.337 e. The van der Waals surface area contributed by atoms with Crippen molar-refractivity contribution in [3.8, 4) is 0 Å². The van der Waals surface area contributed by atoms with Gasteiger partial charge in [-0.1, -0.05) is 17.7 Å². The number of rotatable bonds is 4. The van der Waals surface area contributed by atoms with Gasteiger partial charge in [0, 0.05) is 0 Å². The highest BCUT2D eigenvalue weighted by atomic mass is 32.2. The third kappa shape index (κ3) is 2.71. The van der Waals surface area contributed by atoms with Gasteiger partial charge >= 0.3 is 5.97 Å². The summed E-state index contributed by atoms with van der Waals surface area (Å²) in [7, 11) is -4.08. The van der Waals surface area contributed by atoms with Gasteiger partial charge in [0.2, 0.25) is 0 Å². The molecule has 1 fully saturated rings. The van der Waals surface area contributed by atoms with Crippen LogP contribution in [0.4, 0.5) is 0 Å². The molecule has 110 valence electrons. The first-order chi connectivity index (χ1) is 9.27. The van der Waals surface area contributed by atoms with Gasteiger partial charge < -0.3 is 5.11 Å². The second-order valence-electron chi connectivity index (χ2n) is 5.31. The maximum atomic E-state index is 12.3. The molecule has 6 heteroatoms. The van der Waals surface area contributed by atoms with E-state index in [-0.39, 0.29) is 17.7 Å². The predicted molar refractivity (Wildman–Crippen MR) is 73.0 cm³/mol. The lowest BCUT2D eigenvalue weighted by molar-refractivity contribution is -0.154. The third-order valence-electron chi connectivity index (χ3n) is 3.67. The Labute approximate surface area is 118 Å². The first-order valence-electron chi connectivity index (χ1n) is 6.53. The second-order valence-corrected chi connectivity index (χ2v) is 6.83. The fourth-order valence-corrected chi connectivity index (χ4v) is 4.05. The summed E-state index contributed by atoms with van der Waals surface area (Å²) in [6.45, 7) is 3.53. The summed E-state index contributed by atoms with van der Waals surface area (Å²) in [5, 5.41) is 9.30. The lowest BCUT2D eigenvalue weighted by atomic mass is 10.0. The molecule has 0 heterocycles. The Hall–Kier alpha value is -1.40. The fraction of sp³-hybridized carbons (Fsp3) is 0.500. The minimum absolute atomic E-state index is 0.0376. The van der Waals surface area contributed by atoms with E-state index in [9.17, 15) is 18.3 Å². The third-order valence-corrected chi connectivity index (χ3v) is 5.21. The number of hydrogen-bond donors (Lipinski definition) is 1. The summed E-state index contributed by atoms with van der Waals surface area (Å²) >= 11 is 0. The molecule has 0 spiro atoms. The van der Waals surface area contributed by atoms with Gasteiger partial charge in [0.15, 0.2) is 5.60 Å². The van der Waals surface area contributed by atoms with Gasteiger partial charge in [-0.25, -0.2) is 8.98 Å². The van der Waals surface area contributed by atoms with Gasteiger partial charge in [-0.3, -0.25) is 0 Å².